The van der Waals surface area contributed by atoms with Crippen molar-refractivity contribution >= 4 is 5.69 Å². The average Bonchev–Trinajstić information content (AvgIpc) is 2.10. The molecule has 2 heteroatoms. The molecule has 0 radical (unpaired) electrons. The first-order valence-corrected chi connectivity index (χ1v) is 4.37. The molecule has 0 aliphatic rings. The minimum Gasteiger partial charge on any atom is -0.399 e. The zero-order chi connectivity index (χ0) is 9.84. The fourth-order valence-electron chi connectivity index (χ4n) is 1.21. The zero-order valence-corrected chi connectivity index (χ0v) is 7.96. The summed E-state index contributed by atoms with van der Waals surface area (Å²) in [7, 11) is 0. The third-order valence-electron chi connectivity index (χ3n) is 2.15. The molecule has 0 bridgehead atoms. The second-order valence-corrected chi connectivity index (χ2v) is 3.25. The second kappa shape index (κ2) is 4.10. The van der Waals surface area contributed by atoms with Crippen LogP contribution in [0.25, 0.3) is 0 Å². The number of nitrogen functional groups attached to an aromatic ring is 1. The minimum absolute atomic E-state index is 0.0143. The van der Waals surface area contributed by atoms with Crippen molar-refractivity contribution in [2.24, 2.45) is 5.73 Å². The molecule has 0 saturated heterocycles. The summed E-state index contributed by atoms with van der Waals surface area (Å²) < 4.78 is 0. The molecule has 1 aromatic rings. The Bertz CT molecular complexity index is 305. The summed E-state index contributed by atoms with van der Waals surface area (Å²) in [5.41, 5.74) is 14.6. The van der Waals surface area contributed by atoms with E-state index >= 15 is 0 Å². The molecule has 0 aromatic heterocycles. The lowest BCUT2D eigenvalue weighted by Crippen LogP contribution is -2.09. The van der Waals surface area contributed by atoms with E-state index in [9.17, 15) is 0 Å². The van der Waals surface area contributed by atoms with Crippen LogP contribution in [-0.4, -0.2) is 0 Å². The molecule has 0 spiro atoms. The van der Waals surface area contributed by atoms with Crippen molar-refractivity contribution in [1.82, 2.24) is 0 Å². The predicted octanol–water partition coefficient (Wildman–Crippen LogP) is 2.15. The number of anilines is 1. The van der Waals surface area contributed by atoms with Gasteiger partial charge in [-0.25, -0.2) is 0 Å². The van der Waals surface area contributed by atoms with Crippen LogP contribution in [0.15, 0.2) is 30.9 Å². The van der Waals surface area contributed by atoms with Crippen LogP contribution < -0.4 is 11.5 Å². The van der Waals surface area contributed by atoms with E-state index in [0.29, 0.717) is 0 Å². The monoisotopic (exact) mass is 176 g/mol. The highest BCUT2D eigenvalue weighted by molar-refractivity contribution is 5.49. The van der Waals surface area contributed by atoms with Crippen molar-refractivity contribution in [2.45, 2.75) is 19.4 Å². The van der Waals surface area contributed by atoms with Gasteiger partial charge in [0.15, 0.2) is 0 Å². The van der Waals surface area contributed by atoms with Crippen LogP contribution >= 0.6 is 0 Å². The zero-order valence-electron chi connectivity index (χ0n) is 7.96. The molecule has 1 aromatic carbocycles. The molecular formula is C11H16N2. The number of nitrogens with two attached hydrogens (primary N) is 2. The van der Waals surface area contributed by atoms with Crippen molar-refractivity contribution in [1.29, 1.82) is 0 Å². The molecule has 1 rings (SSSR count). The first-order valence-electron chi connectivity index (χ1n) is 4.37. The van der Waals surface area contributed by atoms with Gasteiger partial charge in [0.25, 0.3) is 0 Å². The Morgan fingerprint density at radius 2 is 2.23 bits per heavy atom. The van der Waals surface area contributed by atoms with Crippen LogP contribution in [-0.2, 0) is 0 Å². The normalized spacial score (nSPS) is 12.5. The van der Waals surface area contributed by atoms with Crippen LogP contribution in [0.3, 0.4) is 0 Å². The maximum atomic E-state index is 5.90. The van der Waals surface area contributed by atoms with Crippen molar-refractivity contribution in [2.75, 3.05) is 5.73 Å². The van der Waals surface area contributed by atoms with Gasteiger partial charge >= 0.3 is 0 Å². The molecule has 0 heterocycles. The summed E-state index contributed by atoms with van der Waals surface area (Å²) in [4.78, 5) is 0. The Balaban J connectivity index is 2.89. The molecule has 0 amide bonds. The molecule has 0 saturated carbocycles. The smallest absolute Gasteiger partial charge is 0.0347 e. The lowest BCUT2D eigenvalue weighted by atomic mass is 10.0. The van der Waals surface area contributed by atoms with E-state index in [2.05, 4.69) is 6.58 Å². The van der Waals surface area contributed by atoms with Crippen LogP contribution in [0.2, 0.25) is 0 Å². The van der Waals surface area contributed by atoms with Gasteiger partial charge < -0.3 is 11.5 Å². The second-order valence-electron chi connectivity index (χ2n) is 3.25. The highest BCUT2D eigenvalue weighted by Crippen LogP contribution is 2.19. The lowest BCUT2D eigenvalue weighted by molar-refractivity contribution is 0.742. The van der Waals surface area contributed by atoms with E-state index in [1.54, 1.807) is 0 Å². The van der Waals surface area contributed by atoms with Gasteiger partial charge in [-0.15, -0.1) is 6.58 Å². The summed E-state index contributed by atoms with van der Waals surface area (Å²) in [5.74, 6) is 0. The summed E-state index contributed by atoms with van der Waals surface area (Å²) in [6, 6.07) is 5.96. The Morgan fingerprint density at radius 1 is 1.54 bits per heavy atom. The molecule has 1 atom stereocenters. The quantitative estimate of drug-likeness (QED) is 0.547. The van der Waals surface area contributed by atoms with Gasteiger partial charge in [0.05, 0.1) is 0 Å². The molecule has 0 unspecified atom stereocenters. The van der Waals surface area contributed by atoms with E-state index in [-0.39, 0.29) is 6.04 Å². The highest BCUT2D eigenvalue weighted by Gasteiger charge is 2.04. The Kier molecular flexibility index (Phi) is 3.09. The third kappa shape index (κ3) is 2.33. The van der Waals surface area contributed by atoms with Gasteiger partial charge in [0, 0.05) is 11.7 Å². The van der Waals surface area contributed by atoms with Crippen LogP contribution in [0.4, 0.5) is 5.69 Å². The predicted molar refractivity (Wildman–Crippen MR) is 57.3 cm³/mol. The maximum absolute atomic E-state index is 5.90. The largest absolute Gasteiger partial charge is 0.399 e. The van der Waals surface area contributed by atoms with Gasteiger partial charge in [-0.2, -0.15) is 0 Å². The number of hydrogen-bond donors (Lipinski definition) is 2. The highest BCUT2D eigenvalue weighted by atomic mass is 14.6. The molecule has 0 aliphatic carbocycles. The summed E-state index contributed by atoms with van der Waals surface area (Å²) in [6.45, 7) is 5.64. The van der Waals surface area contributed by atoms with Crippen molar-refractivity contribution in [3.8, 4) is 0 Å². The SMILES string of the molecule is C=CC[C@@H](N)c1ccc(C)c(N)c1. The number of aryl methyl sites for hydroxylation is 1. The van der Waals surface area contributed by atoms with E-state index in [0.717, 1.165) is 23.2 Å². The van der Waals surface area contributed by atoms with Gasteiger partial charge in [-0.05, 0) is 30.5 Å². The molecular weight excluding hydrogens is 160 g/mol. The van der Waals surface area contributed by atoms with Gasteiger partial charge in [-0.3, -0.25) is 0 Å². The van der Waals surface area contributed by atoms with Crippen LogP contribution in [0.5, 0.6) is 0 Å². The third-order valence-corrected chi connectivity index (χ3v) is 2.15. The Morgan fingerprint density at radius 3 is 2.77 bits per heavy atom. The van der Waals surface area contributed by atoms with Gasteiger partial charge in [-0.1, -0.05) is 18.2 Å². The van der Waals surface area contributed by atoms with Crippen molar-refractivity contribution < 1.29 is 0 Å². The number of rotatable bonds is 3. The summed E-state index contributed by atoms with van der Waals surface area (Å²) >= 11 is 0. The van der Waals surface area contributed by atoms with Crippen molar-refractivity contribution in [3.05, 3.63) is 42.0 Å². The van der Waals surface area contributed by atoms with E-state index in [4.69, 9.17) is 11.5 Å². The summed E-state index contributed by atoms with van der Waals surface area (Å²) in [5, 5.41) is 0. The van der Waals surface area contributed by atoms with Crippen molar-refractivity contribution in [3.63, 3.8) is 0 Å². The number of hydrogen-bond acceptors (Lipinski definition) is 2. The first-order chi connectivity index (χ1) is 6.15. The van der Waals surface area contributed by atoms with Crippen LogP contribution in [0.1, 0.15) is 23.6 Å². The van der Waals surface area contributed by atoms with E-state index in [1.807, 2.05) is 31.2 Å². The van der Waals surface area contributed by atoms with E-state index in [1.165, 1.54) is 0 Å². The first kappa shape index (κ1) is 9.81. The number of benzene rings is 1. The maximum Gasteiger partial charge on any atom is 0.0347 e. The lowest BCUT2D eigenvalue weighted by Gasteiger charge is -2.11. The standard InChI is InChI=1S/C11H16N2/c1-3-4-10(12)9-6-5-8(2)11(13)7-9/h3,5-7,10H,1,4,12-13H2,2H3/t10-/m1/s1. The molecule has 2 nitrogen and oxygen atoms in total. The molecule has 4 N–H and O–H groups in total. The van der Waals surface area contributed by atoms with Gasteiger partial charge in [0.1, 0.15) is 0 Å². The topological polar surface area (TPSA) is 52.0 Å². The minimum atomic E-state index is 0.0143. The molecule has 0 aliphatic heterocycles. The van der Waals surface area contributed by atoms with Crippen LogP contribution in [0, 0.1) is 6.92 Å². The van der Waals surface area contributed by atoms with E-state index < -0.39 is 0 Å². The molecule has 70 valence electrons. The van der Waals surface area contributed by atoms with Gasteiger partial charge in [0.2, 0.25) is 0 Å². The average molecular weight is 176 g/mol. The fourth-order valence-corrected chi connectivity index (χ4v) is 1.21. The summed E-state index contributed by atoms with van der Waals surface area (Å²) in [6.07, 6.45) is 2.60. The Hall–Kier alpha value is -1.28. The molecule has 13 heavy (non-hydrogen) atoms. The molecule has 0 fully saturated rings. The fraction of sp³-hybridized carbons (Fsp3) is 0.273. The Labute approximate surface area is 79.2 Å².